The van der Waals surface area contributed by atoms with Crippen LogP contribution in [-0.4, -0.2) is 11.1 Å². The molecule has 1 aliphatic carbocycles. The lowest BCUT2D eigenvalue weighted by molar-refractivity contribution is -0.132. The molecule has 0 bridgehead atoms. The van der Waals surface area contributed by atoms with Crippen molar-refractivity contribution in [1.82, 2.24) is 0 Å². The molecule has 1 saturated carbocycles. The first-order valence-electron chi connectivity index (χ1n) is 5.59. The number of carboxylic acids is 1. The summed E-state index contributed by atoms with van der Waals surface area (Å²) in [5, 5.41) is 8.98. The molecule has 0 atom stereocenters. The van der Waals surface area contributed by atoms with E-state index in [1.807, 2.05) is 0 Å². The molecule has 1 fully saturated rings. The van der Waals surface area contributed by atoms with E-state index >= 15 is 0 Å². The second-order valence-electron chi connectivity index (χ2n) is 4.19. The van der Waals surface area contributed by atoms with Crippen molar-refractivity contribution in [2.45, 2.75) is 52.4 Å². The first kappa shape index (κ1) is 11.3. The molecule has 0 radical (unpaired) electrons. The highest BCUT2D eigenvalue weighted by Crippen LogP contribution is 2.34. The third-order valence-corrected chi connectivity index (χ3v) is 3.17. The van der Waals surface area contributed by atoms with Gasteiger partial charge in [0.2, 0.25) is 0 Å². The van der Waals surface area contributed by atoms with E-state index in [1.54, 1.807) is 6.92 Å². The number of carbonyl (C=O) groups is 1. The summed E-state index contributed by atoms with van der Waals surface area (Å²) in [5.74, 6) is -0.175. The molecule has 0 aliphatic heterocycles. The summed E-state index contributed by atoms with van der Waals surface area (Å²) < 4.78 is 0. The van der Waals surface area contributed by atoms with Crippen molar-refractivity contribution in [3.8, 4) is 0 Å². The van der Waals surface area contributed by atoms with Crippen LogP contribution in [0.3, 0.4) is 0 Å². The van der Waals surface area contributed by atoms with Crippen molar-refractivity contribution in [3.05, 3.63) is 11.1 Å². The van der Waals surface area contributed by atoms with Gasteiger partial charge in [-0.15, -0.1) is 0 Å². The monoisotopic (exact) mass is 196 g/mol. The molecule has 2 nitrogen and oxygen atoms in total. The van der Waals surface area contributed by atoms with Crippen LogP contribution in [0.4, 0.5) is 0 Å². The van der Waals surface area contributed by atoms with Crippen LogP contribution in [0.2, 0.25) is 0 Å². The Bertz CT molecular complexity index is 235. The molecular weight excluding hydrogens is 176 g/mol. The van der Waals surface area contributed by atoms with Crippen molar-refractivity contribution in [2.24, 2.45) is 5.92 Å². The van der Waals surface area contributed by atoms with Gasteiger partial charge in [-0.1, -0.05) is 31.8 Å². The van der Waals surface area contributed by atoms with Crippen molar-refractivity contribution >= 4 is 5.97 Å². The number of hydrogen-bond acceptors (Lipinski definition) is 1. The number of carboxylic acid groups (broad SMARTS) is 1. The Morgan fingerprint density at radius 2 is 1.93 bits per heavy atom. The molecule has 0 amide bonds. The first-order valence-corrected chi connectivity index (χ1v) is 5.59. The molecule has 2 heteroatoms. The van der Waals surface area contributed by atoms with E-state index in [2.05, 4.69) is 6.92 Å². The second-order valence-corrected chi connectivity index (χ2v) is 4.19. The Morgan fingerprint density at radius 3 is 2.36 bits per heavy atom. The second kappa shape index (κ2) is 5.18. The van der Waals surface area contributed by atoms with Gasteiger partial charge >= 0.3 is 5.97 Å². The first-order chi connectivity index (χ1) is 6.66. The Kier molecular flexibility index (Phi) is 4.18. The van der Waals surface area contributed by atoms with Crippen LogP contribution in [0.25, 0.3) is 0 Å². The molecule has 1 rings (SSSR count). The van der Waals surface area contributed by atoms with Crippen LogP contribution in [0.1, 0.15) is 52.4 Å². The summed E-state index contributed by atoms with van der Waals surface area (Å²) in [6, 6.07) is 0. The van der Waals surface area contributed by atoms with E-state index in [0.29, 0.717) is 11.5 Å². The van der Waals surface area contributed by atoms with E-state index in [0.717, 1.165) is 12.8 Å². The third kappa shape index (κ3) is 2.60. The van der Waals surface area contributed by atoms with Gasteiger partial charge in [-0.05, 0) is 32.1 Å². The van der Waals surface area contributed by atoms with E-state index in [9.17, 15) is 4.79 Å². The van der Waals surface area contributed by atoms with Crippen LogP contribution in [-0.2, 0) is 4.79 Å². The van der Waals surface area contributed by atoms with Gasteiger partial charge in [-0.2, -0.15) is 0 Å². The van der Waals surface area contributed by atoms with Gasteiger partial charge in [0, 0.05) is 5.57 Å². The highest BCUT2D eigenvalue weighted by Gasteiger charge is 2.22. The fourth-order valence-electron chi connectivity index (χ4n) is 2.38. The van der Waals surface area contributed by atoms with Gasteiger partial charge in [0.25, 0.3) is 0 Å². The highest BCUT2D eigenvalue weighted by molar-refractivity contribution is 5.86. The largest absolute Gasteiger partial charge is 0.478 e. The average molecular weight is 196 g/mol. The van der Waals surface area contributed by atoms with Crippen LogP contribution < -0.4 is 0 Å². The molecule has 1 N–H and O–H groups in total. The standard InChI is InChI=1S/C12H20O2/c1-3-6-11(9(2)12(13)14)10-7-4-5-8-10/h10H,3-8H2,1-2H3,(H,13,14). The van der Waals surface area contributed by atoms with Gasteiger partial charge in [0.1, 0.15) is 0 Å². The lowest BCUT2D eigenvalue weighted by atomic mass is 9.90. The minimum Gasteiger partial charge on any atom is -0.478 e. The van der Waals surface area contributed by atoms with Crippen molar-refractivity contribution in [3.63, 3.8) is 0 Å². The van der Waals surface area contributed by atoms with Gasteiger partial charge in [-0.25, -0.2) is 4.79 Å². The lowest BCUT2D eigenvalue weighted by Gasteiger charge is -2.15. The number of hydrogen-bond donors (Lipinski definition) is 1. The van der Waals surface area contributed by atoms with Gasteiger partial charge in [-0.3, -0.25) is 0 Å². The number of aliphatic carboxylic acids is 1. The Hall–Kier alpha value is -0.790. The molecule has 1 aliphatic rings. The van der Waals surface area contributed by atoms with E-state index in [-0.39, 0.29) is 0 Å². The van der Waals surface area contributed by atoms with Gasteiger partial charge in [0.05, 0.1) is 0 Å². The van der Waals surface area contributed by atoms with Crippen LogP contribution in [0.5, 0.6) is 0 Å². The normalized spacial score (nSPS) is 19.6. The van der Waals surface area contributed by atoms with Gasteiger partial charge < -0.3 is 5.11 Å². The van der Waals surface area contributed by atoms with Crippen LogP contribution in [0.15, 0.2) is 11.1 Å². The molecule has 0 aromatic carbocycles. The molecule has 0 aromatic rings. The average Bonchev–Trinajstić information content (AvgIpc) is 2.65. The molecule has 14 heavy (non-hydrogen) atoms. The van der Waals surface area contributed by atoms with E-state index in [4.69, 9.17) is 5.11 Å². The third-order valence-electron chi connectivity index (χ3n) is 3.17. The van der Waals surface area contributed by atoms with Crippen molar-refractivity contribution in [1.29, 1.82) is 0 Å². The smallest absolute Gasteiger partial charge is 0.331 e. The maximum absolute atomic E-state index is 10.9. The fourth-order valence-corrected chi connectivity index (χ4v) is 2.38. The topological polar surface area (TPSA) is 37.3 Å². The molecule has 0 saturated heterocycles. The van der Waals surface area contributed by atoms with E-state index < -0.39 is 5.97 Å². The summed E-state index contributed by atoms with van der Waals surface area (Å²) in [4.78, 5) is 10.9. The van der Waals surface area contributed by atoms with Crippen LogP contribution >= 0.6 is 0 Å². The summed E-state index contributed by atoms with van der Waals surface area (Å²) in [6.07, 6.45) is 6.94. The minimum absolute atomic E-state index is 0.561. The zero-order valence-corrected chi connectivity index (χ0v) is 9.18. The predicted molar refractivity (Wildman–Crippen MR) is 57.2 cm³/mol. The fraction of sp³-hybridized carbons (Fsp3) is 0.750. The SMILES string of the molecule is CCCC(=C(C)C(=O)O)C1CCCC1. The molecular formula is C12H20O2. The summed E-state index contributed by atoms with van der Waals surface area (Å²) >= 11 is 0. The van der Waals surface area contributed by atoms with Crippen molar-refractivity contribution < 1.29 is 9.90 Å². The summed E-state index contributed by atoms with van der Waals surface area (Å²) in [5.41, 5.74) is 1.80. The zero-order chi connectivity index (χ0) is 10.6. The maximum Gasteiger partial charge on any atom is 0.331 e. The number of allylic oxidation sites excluding steroid dienone is 1. The highest BCUT2D eigenvalue weighted by atomic mass is 16.4. The molecule has 0 aromatic heterocycles. The molecule has 0 spiro atoms. The molecule has 80 valence electrons. The zero-order valence-electron chi connectivity index (χ0n) is 9.18. The van der Waals surface area contributed by atoms with Crippen LogP contribution in [0, 0.1) is 5.92 Å². The maximum atomic E-state index is 10.9. The van der Waals surface area contributed by atoms with E-state index in [1.165, 1.54) is 31.3 Å². The Labute approximate surface area is 86.0 Å². The minimum atomic E-state index is -0.736. The lowest BCUT2D eigenvalue weighted by Crippen LogP contribution is -2.08. The Morgan fingerprint density at radius 1 is 1.36 bits per heavy atom. The summed E-state index contributed by atoms with van der Waals surface area (Å²) in [7, 11) is 0. The predicted octanol–water partition coefficient (Wildman–Crippen LogP) is 3.38. The quantitative estimate of drug-likeness (QED) is 0.700. The Balaban J connectivity index is 2.81. The number of rotatable bonds is 4. The molecule has 0 heterocycles. The summed E-state index contributed by atoms with van der Waals surface area (Å²) in [6.45, 7) is 3.87. The van der Waals surface area contributed by atoms with Gasteiger partial charge in [0.15, 0.2) is 0 Å². The molecule has 0 unspecified atom stereocenters. The van der Waals surface area contributed by atoms with Crippen molar-refractivity contribution in [2.75, 3.05) is 0 Å².